The quantitative estimate of drug-likeness (QED) is 0.877. The summed E-state index contributed by atoms with van der Waals surface area (Å²) < 4.78 is 2.51. The number of aromatic amines is 1. The van der Waals surface area contributed by atoms with E-state index in [2.05, 4.69) is 9.69 Å². The minimum Gasteiger partial charge on any atom is -0.345 e. The number of aromatic nitrogens is 1. The molecule has 0 saturated carbocycles. The largest absolute Gasteiger partial charge is 0.345 e. The Labute approximate surface area is 107 Å². The Morgan fingerprint density at radius 2 is 2.24 bits per heavy atom. The second-order valence-electron chi connectivity index (χ2n) is 3.49. The van der Waals surface area contributed by atoms with Crippen molar-refractivity contribution in [3.05, 3.63) is 44.7 Å². The first-order chi connectivity index (χ1) is 8.10. The van der Waals surface area contributed by atoms with Gasteiger partial charge in [-0.05, 0) is 42.2 Å². The maximum atomic E-state index is 11.3. The summed E-state index contributed by atoms with van der Waals surface area (Å²) in [6, 6.07) is 7.32. The molecule has 17 heavy (non-hydrogen) atoms. The van der Waals surface area contributed by atoms with E-state index in [4.69, 9.17) is 16.9 Å². The molecular weight excluding hydrogens is 258 g/mol. The highest BCUT2D eigenvalue weighted by Gasteiger charge is 2.10. The van der Waals surface area contributed by atoms with Crippen molar-refractivity contribution in [1.29, 1.82) is 5.26 Å². The fourth-order valence-electron chi connectivity index (χ4n) is 1.43. The van der Waals surface area contributed by atoms with E-state index in [0.717, 1.165) is 22.8 Å². The number of halogens is 1. The molecule has 0 radical (unpaired) electrons. The molecule has 0 spiro atoms. The monoisotopic (exact) mass is 265 g/mol. The topological polar surface area (TPSA) is 68.7 Å². The van der Waals surface area contributed by atoms with Crippen LogP contribution in [0.3, 0.4) is 0 Å². The molecule has 0 aliphatic heterocycles. The Kier molecular flexibility index (Phi) is 3.18. The van der Waals surface area contributed by atoms with Gasteiger partial charge in [0.1, 0.15) is 11.1 Å². The predicted molar refractivity (Wildman–Crippen MR) is 69.1 cm³/mol. The molecule has 6 heteroatoms. The van der Waals surface area contributed by atoms with E-state index in [1.165, 1.54) is 0 Å². The van der Waals surface area contributed by atoms with Gasteiger partial charge in [-0.15, -0.1) is 0 Å². The molecule has 0 aliphatic carbocycles. The minimum atomic E-state index is -0.376. The lowest BCUT2D eigenvalue weighted by atomic mass is 10.2. The summed E-state index contributed by atoms with van der Waals surface area (Å²) in [7, 11) is 0. The van der Waals surface area contributed by atoms with Crippen LogP contribution in [-0.2, 0) is 0 Å². The van der Waals surface area contributed by atoms with Gasteiger partial charge >= 0.3 is 0 Å². The zero-order valence-corrected chi connectivity index (χ0v) is 10.4. The maximum Gasteiger partial charge on any atom is 0.278 e. The zero-order chi connectivity index (χ0) is 12.4. The number of aryl methyl sites for hydroxylation is 1. The zero-order valence-electron chi connectivity index (χ0n) is 8.87. The standard InChI is InChI=1S/C11H8ClN3OS/c1-6-2-7(12)4-8(3-6)14-11-9(5-13)10(16)15-17-11/h2-4,14H,1H3,(H,15,16). The third kappa shape index (κ3) is 2.49. The van der Waals surface area contributed by atoms with Gasteiger partial charge in [0.2, 0.25) is 0 Å². The van der Waals surface area contributed by atoms with E-state index in [1.54, 1.807) is 6.07 Å². The van der Waals surface area contributed by atoms with Gasteiger partial charge in [0, 0.05) is 10.7 Å². The second-order valence-corrected chi connectivity index (χ2v) is 4.74. The van der Waals surface area contributed by atoms with Crippen molar-refractivity contribution >= 4 is 33.8 Å². The molecule has 4 nitrogen and oxygen atoms in total. The van der Waals surface area contributed by atoms with Gasteiger partial charge in [0.05, 0.1) is 0 Å². The molecule has 0 amide bonds. The Morgan fingerprint density at radius 3 is 2.88 bits per heavy atom. The highest BCUT2D eigenvalue weighted by molar-refractivity contribution is 7.10. The molecule has 86 valence electrons. The van der Waals surface area contributed by atoms with Crippen LogP contribution in [-0.4, -0.2) is 4.37 Å². The van der Waals surface area contributed by atoms with Crippen LogP contribution in [0.2, 0.25) is 5.02 Å². The molecule has 1 aromatic carbocycles. The van der Waals surface area contributed by atoms with Crippen LogP contribution in [0.15, 0.2) is 23.0 Å². The summed E-state index contributed by atoms with van der Waals surface area (Å²) in [5, 5.41) is 13.0. The van der Waals surface area contributed by atoms with Gasteiger partial charge in [-0.1, -0.05) is 11.6 Å². The van der Waals surface area contributed by atoms with Gasteiger partial charge in [0.15, 0.2) is 5.56 Å². The number of nitrogens with one attached hydrogen (secondary N) is 2. The first kappa shape index (κ1) is 11.7. The van der Waals surface area contributed by atoms with Gasteiger partial charge in [-0.3, -0.25) is 9.17 Å². The summed E-state index contributed by atoms with van der Waals surface area (Å²) >= 11 is 7.02. The van der Waals surface area contributed by atoms with Crippen molar-refractivity contribution in [3.63, 3.8) is 0 Å². The predicted octanol–water partition coefficient (Wildman–Crippen LogP) is 3.01. The first-order valence-electron chi connectivity index (χ1n) is 4.76. The van der Waals surface area contributed by atoms with Crippen LogP contribution in [0, 0.1) is 18.3 Å². The molecular formula is C11H8ClN3OS. The molecule has 1 aromatic heterocycles. The van der Waals surface area contributed by atoms with Crippen molar-refractivity contribution < 1.29 is 0 Å². The molecule has 0 saturated heterocycles. The minimum absolute atomic E-state index is 0.0904. The lowest BCUT2D eigenvalue weighted by Crippen LogP contribution is -2.02. The highest BCUT2D eigenvalue weighted by Crippen LogP contribution is 2.25. The number of benzene rings is 1. The van der Waals surface area contributed by atoms with Crippen LogP contribution in [0.1, 0.15) is 11.1 Å². The van der Waals surface area contributed by atoms with Crippen LogP contribution in [0.4, 0.5) is 10.7 Å². The van der Waals surface area contributed by atoms with Crippen molar-refractivity contribution in [1.82, 2.24) is 4.37 Å². The van der Waals surface area contributed by atoms with Crippen molar-refractivity contribution in [3.8, 4) is 6.07 Å². The number of hydrogen-bond acceptors (Lipinski definition) is 4. The third-order valence-electron chi connectivity index (χ3n) is 2.11. The Morgan fingerprint density at radius 1 is 1.47 bits per heavy atom. The van der Waals surface area contributed by atoms with E-state index < -0.39 is 0 Å². The number of hydrogen-bond donors (Lipinski definition) is 2. The first-order valence-corrected chi connectivity index (χ1v) is 5.95. The average molecular weight is 266 g/mol. The van der Waals surface area contributed by atoms with Crippen molar-refractivity contribution in [2.45, 2.75) is 6.92 Å². The normalized spacial score (nSPS) is 9.94. The van der Waals surface area contributed by atoms with E-state index in [-0.39, 0.29) is 11.1 Å². The molecule has 2 N–H and O–H groups in total. The fraction of sp³-hybridized carbons (Fsp3) is 0.0909. The Hall–Kier alpha value is -1.77. The van der Waals surface area contributed by atoms with Gasteiger partial charge in [-0.25, -0.2) is 0 Å². The van der Waals surface area contributed by atoms with Crippen molar-refractivity contribution in [2.24, 2.45) is 0 Å². The smallest absolute Gasteiger partial charge is 0.278 e. The summed E-state index contributed by atoms with van der Waals surface area (Å²) in [6.07, 6.45) is 0. The SMILES string of the molecule is Cc1cc(Cl)cc(Nc2s[nH]c(=O)c2C#N)c1. The molecule has 0 fully saturated rings. The summed E-state index contributed by atoms with van der Waals surface area (Å²) in [5.41, 5.74) is 1.47. The molecule has 2 rings (SSSR count). The highest BCUT2D eigenvalue weighted by atomic mass is 35.5. The summed E-state index contributed by atoms with van der Waals surface area (Å²) in [4.78, 5) is 11.3. The van der Waals surface area contributed by atoms with Gasteiger partial charge in [0.25, 0.3) is 5.56 Å². The fourth-order valence-corrected chi connectivity index (χ4v) is 2.43. The number of anilines is 2. The van der Waals surface area contributed by atoms with Crippen LogP contribution in [0.5, 0.6) is 0 Å². The van der Waals surface area contributed by atoms with Crippen LogP contribution in [0.25, 0.3) is 0 Å². The molecule has 0 atom stereocenters. The van der Waals surface area contributed by atoms with Crippen molar-refractivity contribution in [2.75, 3.05) is 5.32 Å². The van der Waals surface area contributed by atoms with E-state index >= 15 is 0 Å². The summed E-state index contributed by atoms with van der Waals surface area (Å²) in [6.45, 7) is 1.92. The Bertz CT molecular complexity index is 633. The average Bonchev–Trinajstić information content (AvgIpc) is 2.57. The van der Waals surface area contributed by atoms with E-state index in [9.17, 15) is 4.79 Å². The summed E-state index contributed by atoms with van der Waals surface area (Å²) in [5.74, 6) is 0. The number of H-pyrrole nitrogens is 1. The second kappa shape index (κ2) is 4.62. The molecule has 0 bridgehead atoms. The van der Waals surface area contributed by atoms with Crippen LogP contribution < -0.4 is 10.9 Å². The molecule has 1 heterocycles. The lowest BCUT2D eigenvalue weighted by molar-refractivity contribution is 1.37. The van der Waals surface area contributed by atoms with Crippen LogP contribution >= 0.6 is 23.1 Å². The lowest BCUT2D eigenvalue weighted by Gasteiger charge is -2.05. The number of rotatable bonds is 2. The van der Waals surface area contributed by atoms with Gasteiger partial charge < -0.3 is 5.32 Å². The number of nitrogens with zero attached hydrogens (tertiary/aromatic N) is 1. The number of nitriles is 1. The van der Waals surface area contributed by atoms with E-state index in [0.29, 0.717) is 10.0 Å². The molecule has 0 aliphatic rings. The van der Waals surface area contributed by atoms with Gasteiger partial charge in [-0.2, -0.15) is 5.26 Å². The molecule has 2 aromatic rings. The molecule has 0 unspecified atom stereocenters. The van der Waals surface area contributed by atoms with E-state index in [1.807, 2.05) is 25.1 Å². The maximum absolute atomic E-state index is 11.3. The third-order valence-corrected chi connectivity index (χ3v) is 3.13. The Balaban J connectivity index is 2.38.